The third-order valence-corrected chi connectivity index (χ3v) is 5.44. The fourth-order valence-electron chi connectivity index (χ4n) is 3.93. The van der Waals surface area contributed by atoms with Crippen LogP contribution in [0.3, 0.4) is 0 Å². The van der Waals surface area contributed by atoms with Gasteiger partial charge in [-0.15, -0.1) is 0 Å². The number of furan rings is 1. The molecule has 2 heterocycles. The van der Waals surface area contributed by atoms with Crippen LogP contribution in [0.5, 0.6) is 5.75 Å². The van der Waals surface area contributed by atoms with Crippen LogP contribution < -0.4 is 10.5 Å². The monoisotopic (exact) mass is 358 g/mol. The van der Waals surface area contributed by atoms with E-state index in [1.165, 1.54) is 0 Å². The van der Waals surface area contributed by atoms with E-state index in [2.05, 4.69) is 29.2 Å². The minimum Gasteiger partial charge on any atom is -0.490 e. The summed E-state index contributed by atoms with van der Waals surface area (Å²) in [5.41, 5.74) is 7.88. The number of hydrogen-bond acceptors (Lipinski definition) is 4. The lowest BCUT2D eigenvalue weighted by atomic mass is 9.93. The predicted octanol–water partition coefficient (Wildman–Crippen LogP) is 5.30. The van der Waals surface area contributed by atoms with Crippen molar-refractivity contribution in [1.82, 2.24) is 4.98 Å². The number of aromatic nitrogens is 1. The van der Waals surface area contributed by atoms with Crippen molar-refractivity contribution >= 4 is 21.7 Å². The van der Waals surface area contributed by atoms with Crippen LogP contribution in [0, 0.1) is 0 Å². The van der Waals surface area contributed by atoms with Crippen molar-refractivity contribution in [2.24, 2.45) is 5.73 Å². The molecule has 2 aromatic carbocycles. The standard InChI is InChI=1S/C23H22N2O2/c24-17-6-9-18(10-7-17)26-19-8-5-16-13-25-14-21(20(16)12-19)23-11-15-3-1-2-4-22(15)27-23/h1-5,8,11-14,17-18H,6-7,9-10,24H2/t17-,18-. The summed E-state index contributed by atoms with van der Waals surface area (Å²) < 4.78 is 12.3. The summed E-state index contributed by atoms with van der Waals surface area (Å²) in [5.74, 6) is 1.72. The van der Waals surface area contributed by atoms with Gasteiger partial charge in [0.25, 0.3) is 0 Å². The molecule has 2 aromatic heterocycles. The molecule has 1 saturated carbocycles. The van der Waals surface area contributed by atoms with Gasteiger partial charge in [-0.1, -0.05) is 18.2 Å². The van der Waals surface area contributed by atoms with Gasteiger partial charge in [0, 0.05) is 34.8 Å². The van der Waals surface area contributed by atoms with E-state index in [0.29, 0.717) is 6.04 Å². The highest BCUT2D eigenvalue weighted by atomic mass is 16.5. The lowest BCUT2D eigenvalue weighted by Gasteiger charge is -2.26. The third kappa shape index (κ3) is 3.17. The van der Waals surface area contributed by atoms with E-state index < -0.39 is 0 Å². The third-order valence-electron chi connectivity index (χ3n) is 5.44. The van der Waals surface area contributed by atoms with Crippen molar-refractivity contribution in [2.45, 2.75) is 37.8 Å². The number of pyridine rings is 1. The number of nitrogens with zero attached hydrogens (tertiary/aromatic N) is 1. The molecule has 136 valence electrons. The molecule has 0 bridgehead atoms. The summed E-state index contributed by atoms with van der Waals surface area (Å²) in [5, 5.41) is 3.26. The molecule has 1 aliphatic rings. The lowest BCUT2D eigenvalue weighted by Crippen LogP contribution is -2.31. The molecule has 0 radical (unpaired) electrons. The predicted molar refractivity (Wildman–Crippen MR) is 108 cm³/mol. The maximum Gasteiger partial charge on any atom is 0.137 e. The quantitative estimate of drug-likeness (QED) is 0.540. The molecule has 0 unspecified atom stereocenters. The summed E-state index contributed by atoms with van der Waals surface area (Å²) in [7, 11) is 0. The zero-order valence-electron chi connectivity index (χ0n) is 15.1. The van der Waals surface area contributed by atoms with Crippen LogP contribution in [0.2, 0.25) is 0 Å². The molecule has 0 amide bonds. The molecule has 0 atom stereocenters. The Labute approximate surface area is 158 Å². The van der Waals surface area contributed by atoms with Crippen molar-refractivity contribution < 1.29 is 9.15 Å². The molecule has 0 saturated heterocycles. The maximum absolute atomic E-state index is 6.25. The summed E-state index contributed by atoms with van der Waals surface area (Å²) in [6, 6.07) is 16.6. The Morgan fingerprint density at radius 1 is 0.926 bits per heavy atom. The van der Waals surface area contributed by atoms with Gasteiger partial charge in [0.15, 0.2) is 0 Å². The molecular formula is C23H22N2O2. The second kappa shape index (κ2) is 6.71. The molecule has 4 nitrogen and oxygen atoms in total. The van der Waals surface area contributed by atoms with Gasteiger partial charge in [0.2, 0.25) is 0 Å². The van der Waals surface area contributed by atoms with E-state index in [-0.39, 0.29) is 6.10 Å². The second-order valence-corrected chi connectivity index (χ2v) is 7.37. The molecule has 2 N–H and O–H groups in total. The minimum atomic E-state index is 0.249. The van der Waals surface area contributed by atoms with Crippen LogP contribution in [-0.2, 0) is 0 Å². The molecular weight excluding hydrogens is 336 g/mol. The van der Waals surface area contributed by atoms with Gasteiger partial charge in [0.05, 0.1) is 6.10 Å². The van der Waals surface area contributed by atoms with Crippen molar-refractivity contribution in [1.29, 1.82) is 0 Å². The zero-order valence-corrected chi connectivity index (χ0v) is 15.1. The van der Waals surface area contributed by atoms with Gasteiger partial charge in [-0.05, 0) is 61.4 Å². The van der Waals surface area contributed by atoms with Crippen LogP contribution in [0.25, 0.3) is 33.1 Å². The largest absolute Gasteiger partial charge is 0.490 e. The molecule has 1 fully saturated rings. The summed E-state index contributed by atoms with van der Waals surface area (Å²) in [6.07, 6.45) is 8.10. The average Bonchev–Trinajstić information content (AvgIpc) is 3.13. The average molecular weight is 358 g/mol. The molecule has 4 heteroatoms. The first-order chi connectivity index (χ1) is 13.3. The topological polar surface area (TPSA) is 61.3 Å². The summed E-state index contributed by atoms with van der Waals surface area (Å²) >= 11 is 0. The van der Waals surface area contributed by atoms with Crippen molar-refractivity contribution in [3.8, 4) is 17.1 Å². The first-order valence-electron chi connectivity index (χ1n) is 9.55. The van der Waals surface area contributed by atoms with Gasteiger partial charge < -0.3 is 14.9 Å². The number of rotatable bonds is 3. The maximum atomic E-state index is 6.25. The van der Waals surface area contributed by atoms with E-state index in [1.807, 2.05) is 36.7 Å². The summed E-state index contributed by atoms with van der Waals surface area (Å²) in [6.45, 7) is 0. The van der Waals surface area contributed by atoms with Crippen LogP contribution >= 0.6 is 0 Å². The minimum absolute atomic E-state index is 0.249. The summed E-state index contributed by atoms with van der Waals surface area (Å²) in [4.78, 5) is 4.40. The first kappa shape index (κ1) is 16.3. The van der Waals surface area contributed by atoms with Crippen molar-refractivity contribution in [2.75, 3.05) is 0 Å². The van der Waals surface area contributed by atoms with E-state index in [0.717, 1.165) is 64.5 Å². The highest BCUT2D eigenvalue weighted by Crippen LogP contribution is 2.34. The van der Waals surface area contributed by atoms with Gasteiger partial charge in [-0.3, -0.25) is 4.98 Å². The fraction of sp³-hybridized carbons (Fsp3) is 0.261. The van der Waals surface area contributed by atoms with E-state index in [1.54, 1.807) is 0 Å². The SMILES string of the molecule is N[C@H]1CC[C@H](Oc2ccc3cncc(-c4cc5ccccc5o4)c3c2)CC1. The Hall–Kier alpha value is -2.85. The second-order valence-electron chi connectivity index (χ2n) is 7.37. The van der Waals surface area contributed by atoms with E-state index in [4.69, 9.17) is 14.9 Å². The normalized spacial score (nSPS) is 20.2. The first-order valence-corrected chi connectivity index (χ1v) is 9.55. The lowest BCUT2D eigenvalue weighted by molar-refractivity contribution is 0.147. The van der Waals surface area contributed by atoms with Crippen LogP contribution in [0.15, 0.2) is 65.3 Å². The van der Waals surface area contributed by atoms with Crippen LogP contribution in [0.1, 0.15) is 25.7 Å². The fourth-order valence-corrected chi connectivity index (χ4v) is 3.93. The molecule has 27 heavy (non-hydrogen) atoms. The van der Waals surface area contributed by atoms with Crippen molar-refractivity contribution in [3.05, 3.63) is 60.9 Å². The van der Waals surface area contributed by atoms with E-state index in [9.17, 15) is 0 Å². The number of para-hydroxylation sites is 1. The highest BCUT2D eigenvalue weighted by molar-refractivity contribution is 5.97. The molecule has 0 aliphatic heterocycles. The Morgan fingerprint density at radius 2 is 1.78 bits per heavy atom. The van der Waals surface area contributed by atoms with Crippen LogP contribution in [-0.4, -0.2) is 17.1 Å². The number of nitrogens with two attached hydrogens (primary N) is 1. The smallest absolute Gasteiger partial charge is 0.137 e. The zero-order chi connectivity index (χ0) is 18.2. The van der Waals surface area contributed by atoms with Gasteiger partial charge in [-0.25, -0.2) is 0 Å². The number of benzene rings is 2. The number of fused-ring (bicyclic) bond motifs is 2. The Kier molecular flexibility index (Phi) is 4.06. The Bertz CT molecular complexity index is 1060. The van der Waals surface area contributed by atoms with Crippen molar-refractivity contribution in [3.63, 3.8) is 0 Å². The number of hydrogen-bond donors (Lipinski definition) is 1. The van der Waals surface area contributed by atoms with Gasteiger partial charge >= 0.3 is 0 Å². The highest BCUT2D eigenvalue weighted by Gasteiger charge is 2.20. The Morgan fingerprint density at radius 3 is 2.63 bits per heavy atom. The number of ether oxygens (including phenoxy) is 1. The Balaban J connectivity index is 1.52. The molecule has 4 aromatic rings. The molecule has 5 rings (SSSR count). The van der Waals surface area contributed by atoms with E-state index >= 15 is 0 Å². The molecule has 1 aliphatic carbocycles. The van der Waals surface area contributed by atoms with Gasteiger partial charge in [0.1, 0.15) is 17.1 Å². The van der Waals surface area contributed by atoms with Crippen LogP contribution in [0.4, 0.5) is 0 Å². The van der Waals surface area contributed by atoms with Gasteiger partial charge in [-0.2, -0.15) is 0 Å². The molecule has 0 spiro atoms.